The molecule has 0 spiro atoms. The van der Waals surface area contributed by atoms with Gasteiger partial charge in [0.25, 0.3) is 0 Å². The van der Waals surface area contributed by atoms with Crippen molar-refractivity contribution in [1.82, 2.24) is 5.32 Å². The maximum Gasteiger partial charge on any atom is 0.0694 e. The number of piperidine rings is 1. The van der Waals surface area contributed by atoms with E-state index in [-0.39, 0.29) is 5.41 Å². The van der Waals surface area contributed by atoms with Crippen LogP contribution < -0.4 is 5.32 Å². The number of fused-ring (bicyclic) bond motifs is 1. The fourth-order valence-corrected chi connectivity index (χ4v) is 3.04. The van der Waals surface area contributed by atoms with Gasteiger partial charge in [-0.1, -0.05) is 42.5 Å². The van der Waals surface area contributed by atoms with Gasteiger partial charge in [-0.25, -0.2) is 0 Å². The van der Waals surface area contributed by atoms with Crippen molar-refractivity contribution >= 4 is 10.8 Å². The average molecular weight is 250 g/mol. The molecule has 1 saturated heterocycles. The minimum absolute atomic E-state index is 0.185. The Hall–Kier alpha value is -1.85. The molecule has 19 heavy (non-hydrogen) atoms. The molecule has 0 unspecified atom stereocenters. The Morgan fingerprint density at radius 3 is 2.58 bits per heavy atom. The number of hydrogen-bond donors (Lipinski definition) is 1. The van der Waals surface area contributed by atoms with E-state index in [0.717, 1.165) is 32.4 Å². The Balaban J connectivity index is 1.99. The summed E-state index contributed by atoms with van der Waals surface area (Å²) in [5.74, 6) is 0. The zero-order valence-electron chi connectivity index (χ0n) is 11.0. The maximum atomic E-state index is 9.60. The van der Waals surface area contributed by atoms with E-state index in [1.165, 1.54) is 16.3 Å². The van der Waals surface area contributed by atoms with Gasteiger partial charge in [0.15, 0.2) is 0 Å². The molecule has 1 fully saturated rings. The second kappa shape index (κ2) is 5.03. The third kappa shape index (κ3) is 2.34. The van der Waals surface area contributed by atoms with Crippen molar-refractivity contribution in [1.29, 1.82) is 5.26 Å². The normalized spacial score (nSPS) is 18.1. The number of rotatable bonds is 2. The van der Waals surface area contributed by atoms with E-state index in [0.29, 0.717) is 0 Å². The molecule has 0 bridgehead atoms. The molecule has 3 rings (SSSR count). The van der Waals surface area contributed by atoms with Crippen LogP contribution in [0.1, 0.15) is 18.4 Å². The molecule has 2 aromatic carbocycles. The highest BCUT2D eigenvalue weighted by Crippen LogP contribution is 2.34. The second-order valence-corrected chi connectivity index (χ2v) is 5.46. The topological polar surface area (TPSA) is 35.8 Å². The third-order valence-electron chi connectivity index (χ3n) is 4.21. The highest BCUT2D eigenvalue weighted by atomic mass is 14.9. The van der Waals surface area contributed by atoms with Crippen molar-refractivity contribution in [2.45, 2.75) is 19.3 Å². The van der Waals surface area contributed by atoms with E-state index in [9.17, 15) is 5.26 Å². The van der Waals surface area contributed by atoms with Crippen molar-refractivity contribution in [3.63, 3.8) is 0 Å². The Morgan fingerprint density at radius 1 is 1.05 bits per heavy atom. The van der Waals surface area contributed by atoms with E-state index in [1.807, 2.05) is 0 Å². The highest BCUT2D eigenvalue weighted by molar-refractivity contribution is 5.85. The SMILES string of the molecule is N#CC1(Cc2cccc3ccccc23)CCNCC1. The molecule has 2 nitrogen and oxygen atoms in total. The van der Waals surface area contributed by atoms with Crippen LogP contribution in [0.4, 0.5) is 0 Å². The molecule has 1 aliphatic rings. The molecule has 96 valence electrons. The Kier molecular flexibility index (Phi) is 3.23. The van der Waals surface area contributed by atoms with E-state index >= 15 is 0 Å². The third-order valence-corrected chi connectivity index (χ3v) is 4.21. The molecule has 1 N–H and O–H groups in total. The van der Waals surface area contributed by atoms with Crippen molar-refractivity contribution in [2.24, 2.45) is 5.41 Å². The van der Waals surface area contributed by atoms with Crippen LogP contribution in [0.25, 0.3) is 10.8 Å². The summed E-state index contributed by atoms with van der Waals surface area (Å²) < 4.78 is 0. The number of nitrogens with zero attached hydrogens (tertiary/aromatic N) is 1. The molecule has 0 atom stereocenters. The Bertz CT molecular complexity index is 613. The lowest BCUT2D eigenvalue weighted by Crippen LogP contribution is -2.37. The predicted octanol–water partition coefficient (Wildman–Crippen LogP) is 3.28. The first-order chi connectivity index (χ1) is 9.33. The van der Waals surface area contributed by atoms with Crippen LogP contribution >= 0.6 is 0 Å². The maximum absolute atomic E-state index is 9.60. The zero-order valence-corrected chi connectivity index (χ0v) is 11.0. The van der Waals surface area contributed by atoms with E-state index < -0.39 is 0 Å². The molecule has 2 heteroatoms. The molecular weight excluding hydrogens is 232 g/mol. The van der Waals surface area contributed by atoms with Crippen LogP contribution in [0.3, 0.4) is 0 Å². The molecule has 2 aromatic rings. The summed E-state index contributed by atoms with van der Waals surface area (Å²) in [6.07, 6.45) is 2.77. The standard InChI is InChI=1S/C17H18N2/c18-13-17(8-10-19-11-9-17)12-15-6-3-5-14-4-1-2-7-16(14)15/h1-7,19H,8-12H2. The smallest absolute Gasteiger partial charge is 0.0694 e. The minimum Gasteiger partial charge on any atom is -0.317 e. The first-order valence-corrected chi connectivity index (χ1v) is 6.92. The van der Waals surface area contributed by atoms with Gasteiger partial charge in [-0.05, 0) is 48.7 Å². The van der Waals surface area contributed by atoms with Gasteiger partial charge in [-0.2, -0.15) is 5.26 Å². The lowest BCUT2D eigenvalue weighted by molar-refractivity contribution is 0.281. The van der Waals surface area contributed by atoms with Gasteiger partial charge in [0.1, 0.15) is 0 Å². The quantitative estimate of drug-likeness (QED) is 0.888. The monoisotopic (exact) mass is 250 g/mol. The lowest BCUT2D eigenvalue weighted by Gasteiger charge is -2.31. The van der Waals surface area contributed by atoms with Crippen molar-refractivity contribution in [3.8, 4) is 6.07 Å². The highest BCUT2D eigenvalue weighted by Gasteiger charge is 2.32. The van der Waals surface area contributed by atoms with Gasteiger partial charge in [0.05, 0.1) is 11.5 Å². The first-order valence-electron chi connectivity index (χ1n) is 6.92. The minimum atomic E-state index is -0.185. The molecule has 0 amide bonds. The predicted molar refractivity (Wildman–Crippen MR) is 77.8 cm³/mol. The van der Waals surface area contributed by atoms with Crippen LogP contribution in [-0.4, -0.2) is 13.1 Å². The van der Waals surface area contributed by atoms with Gasteiger partial charge in [0.2, 0.25) is 0 Å². The Morgan fingerprint density at radius 2 is 1.79 bits per heavy atom. The fraction of sp³-hybridized carbons (Fsp3) is 0.353. The van der Waals surface area contributed by atoms with Gasteiger partial charge < -0.3 is 5.32 Å². The number of benzene rings is 2. The Labute approximate surface area is 114 Å². The van der Waals surface area contributed by atoms with Crippen LogP contribution in [0, 0.1) is 16.7 Å². The van der Waals surface area contributed by atoms with Crippen LogP contribution in [-0.2, 0) is 6.42 Å². The lowest BCUT2D eigenvalue weighted by atomic mass is 9.75. The van der Waals surface area contributed by atoms with Crippen molar-refractivity contribution in [3.05, 3.63) is 48.0 Å². The summed E-state index contributed by atoms with van der Waals surface area (Å²) >= 11 is 0. The average Bonchev–Trinajstić information content (AvgIpc) is 2.49. The summed E-state index contributed by atoms with van der Waals surface area (Å²) in [6, 6.07) is 17.4. The molecule has 1 aliphatic heterocycles. The van der Waals surface area contributed by atoms with Crippen molar-refractivity contribution < 1.29 is 0 Å². The summed E-state index contributed by atoms with van der Waals surface area (Å²) in [4.78, 5) is 0. The van der Waals surface area contributed by atoms with Crippen LogP contribution in [0.15, 0.2) is 42.5 Å². The summed E-state index contributed by atoms with van der Waals surface area (Å²) in [5, 5.41) is 15.5. The van der Waals surface area contributed by atoms with Crippen LogP contribution in [0.2, 0.25) is 0 Å². The first kappa shape index (κ1) is 12.2. The molecule has 0 aliphatic carbocycles. The second-order valence-electron chi connectivity index (χ2n) is 5.46. The van der Waals surface area contributed by atoms with E-state index in [4.69, 9.17) is 0 Å². The zero-order chi connectivity index (χ0) is 13.1. The summed E-state index contributed by atoms with van der Waals surface area (Å²) in [5.41, 5.74) is 1.12. The number of nitriles is 1. The fourth-order valence-electron chi connectivity index (χ4n) is 3.04. The molecule has 1 heterocycles. The van der Waals surface area contributed by atoms with Gasteiger partial charge in [-0.15, -0.1) is 0 Å². The molecule has 0 radical (unpaired) electrons. The molecule has 0 saturated carbocycles. The molecule has 0 aromatic heterocycles. The van der Waals surface area contributed by atoms with Gasteiger partial charge in [0, 0.05) is 0 Å². The number of nitrogens with one attached hydrogen (secondary N) is 1. The van der Waals surface area contributed by atoms with E-state index in [2.05, 4.69) is 53.9 Å². The van der Waals surface area contributed by atoms with Crippen molar-refractivity contribution in [2.75, 3.05) is 13.1 Å². The summed E-state index contributed by atoms with van der Waals surface area (Å²) in [6.45, 7) is 1.91. The molecular formula is C17H18N2. The van der Waals surface area contributed by atoms with Gasteiger partial charge in [-0.3, -0.25) is 0 Å². The largest absolute Gasteiger partial charge is 0.317 e. The van der Waals surface area contributed by atoms with Crippen LogP contribution in [0.5, 0.6) is 0 Å². The summed E-state index contributed by atoms with van der Waals surface area (Å²) in [7, 11) is 0. The number of hydrogen-bond acceptors (Lipinski definition) is 2. The van der Waals surface area contributed by atoms with Gasteiger partial charge >= 0.3 is 0 Å². The van der Waals surface area contributed by atoms with E-state index in [1.54, 1.807) is 0 Å².